The van der Waals surface area contributed by atoms with Crippen LogP contribution in [-0.2, 0) is 6.54 Å². The molecule has 19 heavy (non-hydrogen) atoms. The highest BCUT2D eigenvalue weighted by molar-refractivity contribution is 5.34. The number of anilines is 1. The Hall–Kier alpha value is -1.34. The minimum Gasteiger partial charge on any atom is -0.397 e. The number of pyridine rings is 1. The van der Waals surface area contributed by atoms with Gasteiger partial charge in [-0.3, -0.25) is 14.8 Å². The molecule has 1 saturated heterocycles. The van der Waals surface area contributed by atoms with Crippen molar-refractivity contribution in [2.75, 3.05) is 38.5 Å². The molecule has 0 aliphatic carbocycles. The summed E-state index contributed by atoms with van der Waals surface area (Å²) >= 11 is 0. The second kappa shape index (κ2) is 5.75. The van der Waals surface area contributed by atoms with Crippen molar-refractivity contribution < 1.29 is 13.2 Å². The molecule has 2 heterocycles. The van der Waals surface area contributed by atoms with Gasteiger partial charge < -0.3 is 5.73 Å². The minimum atomic E-state index is -4.11. The molecule has 0 bridgehead atoms. The van der Waals surface area contributed by atoms with E-state index in [1.807, 2.05) is 6.07 Å². The second-order valence-electron chi connectivity index (χ2n) is 4.75. The number of alkyl halides is 3. The summed E-state index contributed by atoms with van der Waals surface area (Å²) in [7, 11) is 0. The van der Waals surface area contributed by atoms with Gasteiger partial charge in [-0.2, -0.15) is 13.2 Å². The van der Waals surface area contributed by atoms with Crippen molar-refractivity contribution >= 4 is 5.69 Å². The number of aromatic nitrogens is 1. The van der Waals surface area contributed by atoms with E-state index in [0.717, 1.165) is 5.69 Å². The topological polar surface area (TPSA) is 45.4 Å². The Balaban J connectivity index is 1.79. The van der Waals surface area contributed by atoms with Crippen LogP contribution in [0.1, 0.15) is 5.69 Å². The van der Waals surface area contributed by atoms with E-state index in [0.29, 0.717) is 38.4 Å². The lowest BCUT2D eigenvalue weighted by atomic mass is 10.2. The van der Waals surface area contributed by atoms with Gasteiger partial charge in [-0.25, -0.2) is 0 Å². The standard InChI is InChI=1S/C12H17F3N4/c13-12(14,15)9-19-5-3-18(4-6-19)8-11-2-1-10(16)7-17-11/h1-2,7H,3-6,8-9,16H2. The zero-order valence-electron chi connectivity index (χ0n) is 10.5. The number of hydrogen-bond donors (Lipinski definition) is 1. The van der Waals surface area contributed by atoms with Crippen molar-refractivity contribution in [3.05, 3.63) is 24.0 Å². The summed E-state index contributed by atoms with van der Waals surface area (Å²) in [4.78, 5) is 7.73. The van der Waals surface area contributed by atoms with Crippen LogP contribution in [0.5, 0.6) is 0 Å². The molecule has 0 radical (unpaired) electrons. The molecule has 4 nitrogen and oxygen atoms in total. The molecule has 1 aliphatic rings. The molecular formula is C12H17F3N4. The van der Waals surface area contributed by atoms with Gasteiger partial charge in [0.25, 0.3) is 0 Å². The van der Waals surface area contributed by atoms with Crippen LogP contribution in [0.2, 0.25) is 0 Å². The monoisotopic (exact) mass is 274 g/mol. The van der Waals surface area contributed by atoms with Crippen molar-refractivity contribution in [1.82, 2.24) is 14.8 Å². The highest BCUT2D eigenvalue weighted by Gasteiger charge is 2.32. The fourth-order valence-corrected chi connectivity index (χ4v) is 2.12. The lowest BCUT2D eigenvalue weighted by Gasteiger charge is -2.34. The van der Waals surface area contributed by atoms with Gasteiger partial charge >= 0.3 is 6.18 Å². The zero-order chi connectivity index (χ0) is 13.9. The molecule has 0 spiro atoms. The van der Waals surface area contributed by atoms with Gasteiger partial charge in [0.1, 0.15) is 0 Å². The Morgan fingerprint density at radius 1 is 1.11 bits per heavy atom. The number of hydrogen-bond acceptors (Lipinski definition) is 4. The highest BCUT2D eigenvalue weighted by atomic mass is 19.4. The predicted molar refractivity (Wildman–Crippen MR) is 66.4 cm³/mol. The molecule has 0 saturated carbocycles. The quantitative estimate of drug-likeness (QED) is 0.903. The summed E-state index contributed by atoms with van der Waals surface area (Å²) in [5.74, 6) is 0. The van der Waals surface area contributed by atoms with E-state index in [2.05, 4.69) is 9.88 Å². The van der Waals surface area contributed by atoms with E-state index in [1.54, 1.807) is 12.3 Å². The molecule has 7 heteroatoms. The number of piperazine rings is 1. The molecule has 0 aromatic carbocycles. The van der Waals surface area contributed by atoms with E-state index in [-0.39, 0.29) is 0 Å². The maximum atomic E-state index is 12.2. The molecule has 2 N–H and O–H groups in total. The Kier molecular flexibility index (Phi) is 4.26. The number of nitrogen functional groups attached to an aromatic ring is 1. The zero-order valence-corrected chi connectivity index (χ0v) is 10.5. The first kappa shape index (κ1) is 14.1. The van der Waals surface area contributed by atoms with Crippen LogP contribution >= 0.6 is 0 Å². The Morgan fingerprint density at radius 2 is 1.74 bits per heavy atom. The van der Waals surface area contributed by atoms with Gasteiger partial charge in [-0.15, -0.1) is 0 Å². The summed E-state index contributed by atoms with van der Waals surface area (Å²) in [5, 5.41) is 0. The highest BCUT2D eigenvalue weighted by Crippen LogP contribution is 2.18. The van der Waals surface area contributed by atoms with Crippen molar-refractivity contribution in [2.45, 2.75) is 12.7 Å². The molecule has 1 fully saturated rings. The summed E-state index contributed by atoms with van der Waals surface area (Å²) in [5.41, 5.74) is 7.04. The van der Waals surface area contributed by atoms with Crippen LogP contribution in [0.3, 0.4) is 0 Å². The maximum Gasteiger partial charge on any atom is 0.401 e. The van der Waals surface area contributed by atoms with Crippen LogP contribution in [0, 0.1) is 0 Å². The average Bonchev–Trinajstić information content (AvgIpc) is 2.33. The molecule has 0 atom stereocenters. The Bertz CT molecular complexity index is 396. The van der Waals surface area contributed by atoms with E-state index < -0.39 is 12.7 Å². The summed E-state index contributed by atoms with van der Waals surface area (Å²) < 4.78 is 36.7. The van der Waals surface area contributed by atoms with Crippen LogP contribution in [0.4, 0.5) is 18.9 Å². The molecular weight excluding hydrogens is 257 g/mol. The normalized spacial score (nSPS) is 18.7. The Labute approximate surface area is 110 Å². The van der Waals surface area contributed by atoms with Crippen molar-refractivity contribution in [1.29, 1.82) is 0 Å². The van der Waals surface area contributed by atoms with Gasteiger partial charge in [0.15, 0.2) is 0 Å². The average molecular weight is 274 g/mol. The summed E-state index contributed by atoms with van der Waals surface area (Å²) in [6.45, 7) is 1.97. The first-order valence-electron chi connectivity index (χ1n) is 6.14. The first-order chi connectivity index (χ1) is 8.92. The van der Waals surface area contributed by atoms with Crippen LogP contribution < -0.4 is 5.73 Å². The number of nitrogens with zero attached hydrogens (tertiary/aromatic N) is 3. The van der Waals surface area contributed by atoms with E-state index >= 15 is 0 Å². The smallest absolute Gasteiger partial charge is 0.397 e. The fraction of sp³-hybridized carbons (Fsp3) is 0.583. The molecule has 1 aromatic heterocycles. The maximum absolute atomic E-state index is 12.2. The third-order valence-electron chi connectivity index (χ3n) is 3.10. The van der Waals surface area contributed by atoms with Crippen molar-refractivity contribution in [2.24, 2.45) is 0 Å². The molecule has 1 aromatic rings. The van der Waals surface area contributed by atoms with Crippen LogP contribution in [0.25, 0.3) is 0 Å². The summed E-state index contributed by atoms with van der Waals surface area (Å²) in [6, 6.07) is 3.62. The van der Waals surface area contributed by atoms with Crippen molar-refractivity contribution in [3.63, 3.8) is 0 Å². The lowest BCUT2D eigenvalue weighted by molar-refractivity contribution is -0.149. The molecule has 0 unspecified atom stereocenters. The van der Waals surface area contributed by atoms with Gasteiger partial charge in [0.2, 0.25) is 0 Å². The fourth-order valence-electron chi connectivity index (χ4n) is 2.12. The summed E-state index contributed by atoms with van der Waals surface area (Å²) in [6.07, 6.45) is -2.52. The van der Waals surface area contributed by atoms with Gasteiger partial charge in [-0.1, -0.05) is 0 Å². The predicted octanol–water partition coefficient (Wildman–Crippen LogP) is 1.34. The molecule has 2 rings (SSSR count). The van der Waals surface area contributed by atoms with Crippen molar-refractivity contribution in [3.8, 4) is 0 Å². The lowest BCUT2D eigenvalue weighted by Crippen LogP contribution is -2.48. The van der Waals surface area contributed by atoms with Gasteiger partial charge in [0.05, 0.1) is 24.1 Å². The third-order valence-corrected chi connectivity index (χ3v) is 3.10. The number of halogens is 3. The largest absolute Gasteiger partial charge is 0.401 e. The molecule has 1 aliphatic heterocycles. The third kappa shape index (κ3) is 4.68. The SMILES string of the molecule is Nc1ccc(CN2CCN(CC(F)(F)F)CC2)nc1. The molecule has 106 valence electrons. The van der Waals surface area contributed by atoms with Gasteiger partial charge in [-0.05, 0) is 12.1 Å². The minimum absolute atomic E-state index is 0.439. The van der Waals surface area contributed by atoms with Crippen LogP contribution in [0.15, 0.2) is 18.3 Å². The Morgan fingerprint density at radius 3 is 2.26 bits per heavy atom. The van der Waals surface area contributed by atoms with E-state index in [1.165, 1.54) is 4.90 Å². The van der Waals surface area contributed by atoms with E-state index in [9.17, 15) is 13.2 Å². The van der Waals surface area contributed by atoms with E-state index in [4.69, 9.17) is 5.73 Å². The van der Waals surface area contributed by atoms with Crippen LogP contribution in [-0.4, -0.2) is 53.7 Å². The second-order valence-corrected chi connectivity index (χ2v) is 4.75. The molecule has 0 amide bonds. The first-order valence-corrected chi connectivity index (χ1v) is 6.14. The van der Waals surface area contributed by atoms with Gasteiger partial charge in [0, 0.05) is 32.7 Å². The number of nitrogens with two attached hydrogens (primary N) is 1. The number of rotatable bonds is 3.